The van der Waals surface area contributed by atoms with Crippen LogP contribution in [-0.2, 0) is 0 Å². The Morgan fingerprint density at radius 1 is 0.339 bits per heavy atom. The molecule has 0 spiro atoms. The van der Waals surface area contributed by atoms with Crippen LogP contribution in [0.2, 0.25) is 0 Å². The molecule has 0 saturated heterocycles. The molecule has 10 rings (SSSR count). The monoisotopic (exact) mass is 713 g/mol. The number of fused-ring (bicyclic) bond motifs is 5. The normalized spacial score (nSPS) is 11.2. The van der Waals surface area contributed by atoms with E-state index < -0.39 is 0 Å². The molecule has 2 heterocycles. The van der Waals surface area contributed by atoms with Crippen molar-refractivity contribution in [3.63, 3.8) is 0 Å². The number of nitriles is 1. The Kier molecular flexibility index (Phi) is 8.13. The Morgan fingerprint density at radius 3 is 1.50 bits per heavy atom. The third-order valence-electron chi connectivity index (χ3n) is 10.4. The second-order valence-corrected chi connectivity index (χ2v) is 13.8. The maximum atomic E-state index is 9.42. The fourth-order valence-corrected chi connectivity index (χ4v) is 7.65. The van der Waals surface area contributed by atoms with Gasteiger partial charge >= 0.3 is 0 Å². The van der Waals surface area contributed by atoms with Crippen molar-refractivity contribution in [2.75, 3.05) is 0 Å². The highest BCUT2D eigenvalue weighted by atomic mass is 15.0. The molecule has 0 saturated carbocycles. The number of benzene rings is 8. The van der Waals surface area contributed by atoms with Gasteiger partial charge in [0.25, 0.3) is 0 Å². The molecule has 56 heavy (non-hydrogen) atoms. The maximum absolute atomic E-state index is 9.42. The van der Waals surface area contributed by atoms with Crippen LogP contribution in [0.15, 0.2) is 188 Å². The van der Waals surface area contributed by atoms with Crippen molar-refractivity contribution in [2.45, 2.75) is 0 Å². The number of aromatic nitrogens is 4. The molecule has 0 aliphatic carbocycles. The minimum Gasteiger partial charge on any atom is -0.256 e. The van der Waals surface area contributed by atoms with Crippen LogP contribution >= 0.6 is 0 Å². The van der Waals surface area contributed by atoms with Crippen LogP contribution in [0.4, 0.5) is 0 Å². The van der Waals surface area contributed by atoms with Crippen molar-refractivity contribution in [1.82, 2.24) is 19.9 Å². The number of rotatable bonds is 6. The van der Waals surface area contributed by atoms with E-state index >= 15 is 0 Å². The van der Waals surface area contributed by atoms with Gasteiger partial charge in [-0.05, 0) is 91.8 Å². The van der Waals surface area contributed by atoms with Gasteiger partial charge in [0.2, 0.25) is 0 Å². The summed E-state index contributed by atoms with van der Waals surface area (Å²) in [6, 6.07) is 64.6. The summed E-state index contributed by atoms with van der Waals surface area (Å²) in [5, 5.41) is 15.1. The highest BCUT2D eigenvalue weighted by Gasteiger charge is 2.17. The second-order valence-electron chi connectivity index (χ2n) is 13.8. The average molecular weight is 714 g/mol. The van der Waals surface area contributed by atoms with E-state index in [0.29, 0.717) is 23.0 Å². The van der Waals surface area contributed by atoms with Gasteiger partial charge in [-0.15, -0.1) is 0 Å². The first kappa shape index (κ1) is 32.8. The third kappa shape index (κ3) is 5.92. The molecule has 0 amide bonds. The minimum atomic E-state index is 0.618. The van der Waals surface area contributed by atoms with Crippen LogP contribution in [0, 0.1) is 11.3 Å². The third-order valence-corrected chi connectivity index (χ3v) is 10.4. The topological polar surface area (TPSA) is 75.3 Å². The summed E-state index contributed by atoms with van der Waals surface area (Å²) in [5.41, 5.74) is 10.9. The Morgan fingerprint density at radius 2 is 0.839 bits per heavy atom. The number of hydrogen-bond acceptors (Lipinski definition) is 5. The molecule has 0 atom stereocenters. The van der Waals surface area contributed by atoms with Gasteiger partial charge in [0.1, 0.15) is 0 Å². The zero-order valence-corrected chi connectivity index (χ0v) is 30.1. The Bertz CT molecular complexity index is 3070. The lowest BCUT2D eigenvalue weighted by Gasteiger charge is -2.16. The summed E-state index contributed by atoms with van der Waals surface area (Å²) < 4.78 is 0. The first-order chi connectivity index (χ1) is 27.7. The summed E-state index contributed by atoms with van der Waals surface area (Å²) in [6.45, 7) is 0. The van der Waals surface area contributed by atoms with Gasteiger partial charge in [0.05, 0.1) is 17.1 Å². The molecular formula is C51H31N5. The van der Waals surface area contributed by atoms with Gasteiger partial charge in [-0.2, -0.15) is 5.26 Å². The first-order valence-corrected chi connectivity index (χ1v) is 18.5. The second kappa shape index (κ2) is 13.9. The van der Waals surface area contributed by atoms with Crippen molar-refractivity contribution in [2.24, 2.45) is 0 Å². The summed E-state index contributed by atoms with van der Waals surface area (Å²) in [6.07, 6.45) is 1.87. The smallest absolute Gasteiger partial charge is 0.164 e. The molecule has 0 radical (unpaired) electrons. The van der Waals surface area contributed by atoms with Gasteiger partial charge in [0.15, 0.2) is 17.5 Å². The van der Waals surface area contributed by atoms with Gasteiger partial charge in [-0.25, -0.2) is 15.0 Å². The molecule has 0 N–H and O–H groups in total. The summed E-state index contributed by atoms with van der Waals surface area (Å²) in [5.74, 6) is 1.89. The minimum absolute atomic E-state index is 0.618. The quantitative estimate of drug-likeness (QED) is 0.160. The first-order valence-electron chi connectivity index (χ1n) is 18.5. The number of nitrogens with zero attached hydrogens (tertiary/aromatic N) is 5. The molecule has 5 heteroatoms. The molecule has 0 unspecified atom stereocenters. The van der Waals surface area contributed by atoms with E-state index in [1.54, 1.807) is 0 Å². The van der Waals surface area contributed by atoms with Gasteiger partial charge in [0, 0.05) is 33.8 Å². The van der Waals surface area contributed by atoms with E-state index in [0.717, 1.165) is 71.7 Å². The van der Waals surface area contributed by atoms with Crippen molar-refractivity contribution >= 4 is 32.4 Å². The molecule has 5 nitrogen and oxygen atoms in total. The van der Waals surface area contributed by atoms with Gasteiger partial charge in [-0.3, -0.25) is 4.98 Å². The standard InChI is InChI=1S/C51H31N5/c52-32-33-23-25-34(26-24-33)44-30-47-43-22-11-27-53-48(43)45(31-46(47)42-21-8-7-20-41(42)44)39-18-9-16-37(28-39)38-17-10-19-40(29-38)51-55-49(35-12-3-1-4-13-35)54-50(56-51)36-14-5-2-6-15-36/h1-31H. The molecule has 10 aromatic rings. The molecule has 8 aromatic carbocycles. The lowest BCUT2D eigenvalue weighted by Crippen LogP contribution is -2.00. The lowest BCUT2D eigenvalue weighted by atomic mass is 9.88. The summed E-state index contributed by atoms with van der Waals surface area (Å²) >= 11 is 0. The van der Waals surface area contributed by atoms with E-state index in [2.05, 4.69) is 97.1 Å². The predicted molar refractivity (Wildman–Crippen MR) is 227 cm³/mol. The van der Waals surface area contributed by atoms with Crippen LogP contribution in [0.1, 0.15) is 5.56 Å². The molecular weight excluding hydrogens is 683 g/mol. The fraction of sp³-hybridized carbons (Fsp3) is 0. The fourth-order valence-electron chi connectivity index (χ4n) is 7.65. The summed E-state index contributed by atoms with van der Waals surface area (Å²) in [7, 11) is 0. The largest absolute Gasteiger partial charge is 0.256 e. The van der Waals surface area contributed by atoms with E-state index in [9.17, 15) is 5.26 Å². The predicted octanol–water partition coefficient (Wildman–Crippen LogP) is 12.6. The van der Waals surface area contributed by atoms with Crippen molar-refractivity contribution in [3.05, 3.63) is 194 Å². The zero-order chi connectivity index (χ0) is 37.4. The highest BCUT2D eigenvalue weighted by Crippen LogP contribution is 2.42. The van der Waals surface area contributed by atoms with Crippen LogP contribution in [0.5, 0.6) is 0 Å². The maximum Gasteiger partial charge on any atom is 0.164 e. The van der Waals surface area contributed by atoms with Gasteiger partial charge < -0.3 is 0 Å². The van der Waals surface area contributed by atoms with E-state index in [1.165, 1.54) is 10.8 Å². The molecule has 260 valence electrons. The Labute approximate surface area is 323 Å². The zero-order valence-electron chi connectivity index (χ0n) is 30.1. The average Bonchev–Trinajstić information content (AvgIpc) is 3.29. The van der Waals surface area contributed by atoms with Gasteiger partial charge in [-0.1, -0.05) is 140 Å². The van der Waals surface area contributed by atoms with Crippen LogP contribution in [0.3, 0.4) is 0 Å². The summed E-state index contributed by atoms with van der Waals surface area (Å²) in [4.78, 5) is 19.8. The van der Waals surface area contributed by atoms with Crippen LogP contribution < -0.4 is 0 Å². The molecule has 2 aromatic heterocycles. The van der Waals surface area contributed by atoms with E-state index in [1.807, 2.05) is 97.2 Å². The van der Waals surface area contributed by atoms with E-state index in [4.69, 9.17) is 19.9 Å². The molecule has 0 fully saturated rings. The van der Waals surface area contributed by atoms with Crippen LogP contribution in [-0.4, -0.2) is 19.9 Å². The van der Waals surface area contributed by atoms with Crippen molar-refractivity contribution in [3.8, 4) is 73.6 Å². The van der Waals surface area contributed by atoms with E-state index in [-0.39, 0.29) is 0 Å². The molecule has 0 aliphatic heterocycles. The van der Waals surface area contributed by atoms with Crippen LogP contribution in [0.25, 0.3) is 100.0 Å². The number of pyridine rings is 1. The van der Waals surface area contributed by atoms with Crippen molar-refractivity contribution < 1.29 is 0 Å². The molecule has 0 aliphatic rings. The SMILES string of the molecule is N#Cc1ccc(-c2cc3c4cccnc4c(-c4cccc(-c5cccc(-c6nc(-c7ccccc7)nc(-c7ccccc7)n6)c5)c4)cc3c3ccccc23)cc1. The van der Waals surface area contributed by atoms with Crippen molar-refractivity contribution in [1.29, 1.82) is 5.26 Å². The molecule has 0 bridgehead atoms. The Hall–Kier alpha value is -7.81. The number of hydrogen-bond donors (Lipinski definition) is 0. The lowest BCUT2D eigenvalue weighted by molar-refractivity contribution is 1.07. The highest BCUT2D eigenvalue weighted by molar-refractivity contribution is 6.23. The Balaban J connectivity index is 1.10.